The number of benzene rings is 1. The van der Waals surface area contributed by atoms with Gasteiger partial charge in [0.2, 0.25) is 11.0 Å². The summed E-state index contributed by atoms with van der Waals surface area (Å²) in [6.45, 7) is 2.04. The Morgan fingerprint density at radius 2 is 2.26 bits per heavy atom. The van der Waals surface area contributed by atoms with E-state index in [1.54, 1.807) is 42.7 Å². The van der Waals surface area contributed by atoms with Gasteiger partial charge in [-0.1, -0.05) is 30.0 Å². The Bertz CT molecular complexity index is 858. The Morgan fingerprint density at radius 1 is 1.43 bits per heavy atom. The lowest BCUT2D eigenvalue weighted by molar-refractivity contribution is 0.102. The number of ether oxygens (including phenoxy) is 1. The van der Waals surface area contributed by atoms with Crippen LogP contribution in [0.4, 0.5) is 5.13 Å². The van der Waals surface area contributed by atoms with Gasteiger partial charge in [0, 0.05) is 12.6 Å². The van der Waals surface area contributed by atoms with E-state index >= 15 is 0 Å². The summed E-state index contributed by atoms with van der Waals surface area (Å²) < 4.78 is 7.79. The smallest absolute Gasteiger partial charge is 0.257 e. The maximum Gasteiger partial charge on any atom is 0.257 e. The lowest BCUT2D eigenvalue weighted by Gasteiger charge is -2.01. The average molecular weight is 349 g/mol. The van der Waals surface area contributed by atoms with Crippen LogP contribution < -0.4 is 10.1 Å². The van der Waals surface area contributed by atoms with Crippen LogP contribution in [0.25, 0.3) is 10.9 Å². The van der Waals surface area contributed by atoms with Crippen LogP contribution in [-0.2, 0) is 7.05 Å². The van der Waals surface area contributed by atoms with Gasteiger partial charge in [0.15, 0.2) is 4.34 Å². The van der Waals surface area contributed by atoms with Crippen LogP contribution in [0.2, 0.25) is 0 Å². The van der Waals surface area contributed by atoms with E-state index in [2.05, 4.69) is 20.6 Å². The monoisotopic (exact) mass is 349 g/mol. The molecule has 3 rings (SSSR count). The zero-order chi connectivity index (χ0) is 16.4. The van der Waals surface area contributed by atoms with Crippen LogP contribution in [0.3, 0.4) is 0 Å². The van der Waals surface area contributed by atoms with Crippen molar-refractivity contribution in [2.45, 2.75) is 11.3 Å². The fourth-order valence-corrected chi connectivity index (χ4v) is 3.82. The van der Waals surface area contributed by atoms with E-state index in [1.807, 2.05) is 13.0 Å². The van der Waals surface area contributed by atoms with Crippen LogP contribution in [0.5, 0.6) is 5.88 Å². The van der Waals surface area contributed by atoms with Crippen molar-refractivity contribution in [2.24, 2.45) is 7.05 Å². The molecule has 2 aromatic heterocycles. The van der Waals surface area contributed by atoms with Crippen molar-refractivity contribution in [3.8, 4) is 5.88 Å². The Balaban J connectivity index is 1.82. The SMILES string of the molecule is CCSc1nnc(NC(=O)c2ccc3c(OC)n(C)nc3c2)s1. The minimum absolute atomic E-state index is 0.235. The van der Waals surface area contributed by atoms with Crippen LogP contribution in [-0.4, -0.2) is 38.7 Å². The predicted octanol–water partition coefficient (Wildman–Crippen LogP) is 2.80. The van der Waals surface area contributed by atoms with Crippen molar-refractivity contribution in [1.29, 1.82) is 0 Å². The lowest BCUT2D eigenvalue weighted by atomic mass is 10.1. The lowest BCUT2D eigenvalue weighted by Crippen LogP contribution is -2.11. The van der Waals surface area contributed by atoms with Gasteiger partial charge in [0.25, 0.3) is 5.91 Å². The molecule has 0 unspecified atom stereocenters. The second-order valence-electron chi connectivity index (χ2n) is 4.63. The van der Waals surface area contributed by atoms with Gasteiger partial charge in [0.05, 0.1) is 18.0 Å². The number of methoxy groups -OCH3 is 1. The first-order valence-corrected chi connectivity index (χ1v) is 8.71. The molecule has 2 heterocycles. The van der Waals surface area contributed by atoms with Gasteiger partial charge in [0.1, 0.15) is 0 Å². The standard InChI is InChI=1S/C14H15N5O2S2/c1-4-22-14-17-16-13(23-14)15-11(20)8-5-6-9-10(7-8)18-19(2)12(9)21-3/h5-7H,4H2,1-3H3,(H,15,16,20). The quantitative estimate of drug-likeness (QED) is 0.563. The Morgan fingerprint density at radius 3 is 3.00 bits per heavy atom. The average Bonchev–Trinajstić information content (AvgIpc) is 3.09. The molecule has 0 saturated carbocycles. The van der Waals surface area contributed by atoms with Crippen molar-refractivity contribution in [3.05, 3.63) is 23.8 Å². The Hall–Kier alpha value is -2.13. The molecule has 0 aliphatic rings. The number of fused-ring (bicyclic) bond motifs is 1. The molecular weight excluding hydrogens is 334 g/mol. The fourth-order valence-electron chi connectivity index (χ4n) is 2.17. The molecule has 0 atom stereocenters. The molecule has 1 N–H and O–H groups in total. The summed E-state index contributed by atoms with van der Waals surface area (Å²) >= 11 is 2.96. The molecule has 0 aliphatic heterocycles. The Kier molecular flexibility index (Phi) is 4.49. The molecule has 1 amide bonds. The number of thioether (sulfide) groups is 1. The number of nitrogens with zero attached hydrogens (tertiary/aromatic N) is 4. The zero-order valence-corrected chi connectivity index (χ0v) is 14.5. The summed E-state index contributed by atoms with van der Waals surface area (Å²) in [5, 5.41) is 16.4. The number of aryl methyl sites for hydroxylation is 1. The third-order valence-corrected chi connectivity index (χ3v) is 4.98. The van der Waals surface area contributed by atoms with Crippen LogP contribution >= 0.6 is 23.1 Å². The summed E-state index contributed by atoms with van der Waals surface area (Å²) in [5.41, 5.74) is 1.22. The van der Waals surface area contributed by atoms with Crippen molar-refractivity contribution in [1.82, 2.24) is 20.0 Å². The normalized spacial score (nSPS) is 10.9. The minimum Gasteiger partial charge on any atom is -0.481 e. The first-order valence-electron chi connectivity index (χ1n) is 6.90. The zero-order valence-electron chi connectivity index (χ0n) is 12.9. The van der Waals surface area contributed by atoms with Gasteiger partial charge in [-0.2, -0.15) is 5.10 Å². The molecule has 3 aromatic rings. The third kappa shape index (κ3) is 3.15. The highest BCUT2D eigenvalue weighted by molar-refractivity contribution is 8.01. The summed E-state index contributed by atoms with van der Waals surface area (Å²) in [5.74, 6) is 1.35. The second-order valence-corrected chi connectivity index (χ2v) is 7.11. The number of aromatic nitrogens is 4. The maximum absolute atomic E-state index is 12.3. The first-order chi connectivity index (χ1) is 11.1. The number of hydrogen-bond donors (Lipinski definition) is 1. The van der Waals surface area contributed by atoms with Crippen molar-refractivity contribution in [3.63, 3.8) is 0 Å². The van der Waals surface area contributed by atoms with E-state index in [9.17, 15) is 4.79 Å². The van der Waals surface area contributed by atoms with Gasteiger partial charge in [-0.05, 0) is 24.0 Å². The number of nitrogens with one attached hydrogen (secondary N) is 1. The van der Waals surface area contributed by atoms with Gasteiger partial charge in [-0.25, -0.2) is 4.68 Å². The van der Waals surface area contributed by atoms with Crippen LogP contribution in [0, 0.1) is 0 Å². The van der Waals surface area contributed by atoms with Gasteiger partial charge >= 0.3 is 0 Å². The number of hydrogen-bond acceptors (Lipinski definition) is 7. The molecule has 23 heavy (non-hydrogen) atoms. The van der Waals surface area contributed by atoms with E-state index in [1.165, 1.54) is 11.3 Å². The number of anilines is 1. The van der Waals surface area contributed by atoms with E-state index < -0.39 is 0 Å². The first kappa shape index (κ1) is 15.8. The molecule has 0 bridgehead atoms. The number of carbonyl (C=O) groups excluding carboxylic acids is 1. The van der Waals surface area contributed by atoms with Crippen molar-refractivity contribution < 1.29 is 9.53 Å². The summed E-state index contributed by atoms with van der Waals surface area (Å²) in [4.78, 5) is 12.3. The largest absolute Gasteiger partial charge is 0.481 e. The van der Waals surface area contributed by atoms with E-state index in [-0.39, 0.29) is 5.91 Å². The molecule has 120 valence electrons. The number of carbonyl (C=O) groups is 1. The summed E-state index contributed by atoms with van der Waals surface area (Å²) in [6.07, 6.45) is 0. The van der Waals surface area contributed by atoms with Gasteiger partial charge < -0.3 is 4.74 Å². The summed E-state index contributed by atoms with van der Waals surface area (Å²) in [7, 11) is 3.39. The van der Waals surface area contributed by atoms with Gasteiger partial charge in [-0.3, -0.25) is 10.1 Å². The highest BCUT2D eigenvalue weighted by atomic mass is 32.2. The number of rotatable bonds is 5. The molecule has 0 radical (unpaired) electrons. The Labute approximate surface area is 141 Å². The maximum atomic E-state index is 12.3. The second kappa shape index (κ2) is 6.55. The summed E-state index contributed by atoms with van der Waals surface area (Å²) in [6, 6.07) is 5.30. The number of amides is 1. The van der Waals surface area contributed by atoms with Crippen LogP contribution in [0.15, 0.2) is 22.5 Å². The topological polar surface area (TPSA) is 81.9 Å². The van der Waals surface area contributed by atoms with Gasteiger partial charge in [-0.15, -0.1) is 10.2 Å². The fraction of sp³-hybridized carbons (Fsp3) is 0.286. The van der Waals surface area contributed by atoms with E-state index in [4.69, 9.17) is 4.74 Å². The van der Waals surface area contributed by atoms with Crippen molar-refractivity contribution in [2.75, 3.05) is 18.2 Å². The molecular formula is C14H15N5O2S2. The molecule has 0 saturated heterocycles. The van der Waals surface area contributed by atoms with Crippen molar-refractivity contribution >= 4 is 45.0 Å². The highest BCUT2D eigenvalue weighted by Gasteiger charge is 2.14. The van der Waals surface area contributed by atoms with E-state index in [0.717, 1.165) is 15.5 Å². The third-order valence-electron chi connectivity index (χ3n) is 3.13. The highest BCUT2D eigenvalue weighted by Crippen LogP contribution is 2.27. The molecule has 9 heteroatoms. The molecule has 0 aliphatic carbocycles. The molecule has 0 fully saturated rings. The molecule has 0 spiro atoms. The van der Waals surface area contributed by atoms with Crippen LogP contribution in [0.1, 0.15) is 17.3 Å². The minimum atomic E-state index is -0.235. The molecule has 7 nitrogen and oxygen atoms in total. The molecule has 1 aromatic carbocycles. The predicted molar refractivity (Wildman–Crippen MR) is 91.5 cm³/mol. The van der Waals surface area contributed by atoms with E-state index in [0.29, 0.717) is 22.1 Å².